The van der Waals surface area contributed by atoms with E-state index in [1.807, 2.05) is 0 Å². The Morgan fingerprint density at radius 2 is 2.11 bits per heavy atom. The molecule has 0 heterocycles. The van der Waals surface area contributed by atoms with Gasteiger partial charge in [-0.3, -0.25) is 0 Å². The smallest absolute Gasteiger partial charge is 0.0642 e. The Balaban J connectivity index is 2.07. The summed E-state index contributed by atoms with van der Waals surface area (Å²) in [5, 5.41) is 4.40. The van der Waals surface area contributed by atoms with Crippen LogP contribution in [0.25, 0.3) is 0 Å². The summed E-state index contributed by atoms with van der Waals surface area (Å²) in [7, 11) is 0. The number of halogens is 1. The summed E-state index contributed by atoms with van der Waals surface area (Å²) in [6.07, 6.45) is 3.78. The van der Waals surface area contributed by atoms with Gasteiger partial charge in [-0.2, -0.15) is 0 Å². The normalized spacial score (nSPS) is 15.0. The summed E-state index contributed by atoms with van der Waals surface area (Å²) in [6.45, 7) is 8.62. The van der Waals surface area contributed by atoms with E-state index in [0.717, 1.165) is 36.3 Å². The van der Waals surface area contributed by atoms with E-state index in [-0.39, 0.29) is 0 Å². The van der Waals surface area contributed by atoms with E-state index < -0.39 is 0 Å². The first-order chi connectivity index (χ1) is 9.11. The topological polar surface area (TPSA) is 15.3 Å². The molecule has 1 saturated carbocycles. The number of rotatable bonds is 7. The molecule has 1 aliphatic rings. The van der Waals surface area contributed by atoms with Crippen LogP contribution in [0.1, 0.15) is 45.6 Å². The molecule has 1 aromatic carbocycles. The highest BCUT2D eigenvalue weighted by Crippen LogP contribution is 2.29. The van der Waals surface area contributed by atoms with Crippen molar-refractivity contribution in [3.63, 3.8) is 0 Å². The van der Waals surface area contributed by atoms with Gasteiger partial charge in [-0.25, -0.2) is 0 Å². The third-order valence-electron chi connectivity index (χ3n) is 3.58. The van der Waals surface area contributed by atoms with E-state index in [0.29, 0.717) is 6.04 Å². The minimum Gasteiger partial charge on any atom is -0.368 e. The molecular weight excluding hydrogens is 256 g/mol. The van der Waals surface area contributed by atoms with Crippen LogP contribution in [0.3, 0.4) is 0 Å². The van der Waals surface area contributed by atoms with Gasteiger partial charge in [0.25, 0.3) is 0 Å². The minimum atomic E-state index is 0.480. The average molecular weight is 281 g/mol. The molecule has 19 heavy (non-hydrogen) atoms. The fourth-order valence-corrected chi connectivity index (χ4v) is 2.65. The van der Waals surface area contributed by atoms with Crippen LogP contribution in [0, 0.1) is 0 Å². The lowest BCUT2D eigenvalue weighted by Crippen LogP contribution is -2.31. The molecule has 0 atom stereocenters. The number of anilines is 1. The third-order valence-corrected chi connectivity index (χ3v) is 3.88. The van der Waals surface area contributed by atoms with Crippen LogP contribution in [-0.2, 0) is 6.54 Å². The van der Waals surface area contributed by atoms with Gasteiger partial charge in [-0.05, 0) is 50.8 Å². The van der Waals surface area contributed by atoms with Crippen molar-refractivity contribution in [1.82, 2.24) is 5.32 Å². The van der Waals surface area contributed by atoms with Crippen LogP contribution in [0.2, 0.25) is 5.02 Å². The molecule has 2 rings (SSSR count). The molecule has 0 spiro atoms. The quantitative estimate of drug-likeness (QED) is 0.805. The fraction of sp³-hybridized carbons (Fsp3) is 0.625. The van der Waals surface area contributed by atoms with Crippen molar-refractivity contribution in [2.24, 2.45) is 0 Å². The van der Waals surface area contributed by atoms with Crippen molar-refractivity contribution in [1.29, 1.82) is 0 Å². The maximum atomic E-state index is 6.47. The number of nitrogens with zero attached hydrogens (tertiary/aromatic N) is 1. The van der Waals surface area contributed by atoms with E-state index in [1.54, 1.807) is 0 Å². The molecule has 0 amide bonds. The molecule has 0 bridgehead atoms. The maximum Gasteiger partial charge on any atom is 0.0642 e. The highest BCUT2D eigenvalue weighted by atomic mass is 35.5. The summed E-state index contributed by atoms with van der Waals surface area (Å²) in [5.74, 6) is 0. The first-order valence-electron chi connectivity index (χ1n) is 7.40. The van der Waals surface area contributed by atoms with Crippen molar-refractivity contribution in [2.75, 3.05) is 11.4 Å². The Bertz CT molecular complexity index is 413. The Morgan fingerprint density at radius 3 is 2.63 bits per heavy atom. The van der Waals surface area contributed by atoms with Gasteiger partial charge >= 0.3 is 0 Å². The molecule has 1 fully saturated rings. The SMILES string of the molecule is CCCN(c1ccc(CNC2CC2)cc1Cl)C(C)C. The van der Waals surface area contributed by atoms with Gasteiger partial charge in [0.2, 0.25) is 0 Å². The van der Waals surface area contributed by atoms with Crippen LogP contribution >= 0.6 is 11.6 Å². The summed E-state index contributed by atoms with van der Waals surface area (Å²) in [4.78, 5) is 2.38. The van der Waals surface area contributed by atoms with Gasteiger partial charge in [0.15, 0.2) is 0 Å². The fourth-order valence-electron chi connectivity index (χ4n) is 2.34. The lowest BCUT2D eigenvalue weighted by atomic mass is 10.1. The van der Waals surface area contributed by atoms with Crippen LogP contribution < -0.4 is 10.2 Å². The molecule has 0 saturated heterocycles. The zero-order valence-electron chi connectivity index (χ0n) is 12.2. The number of benzene rings is 1. The molecule has 106 valence electrons. The maximum absolute atomic E-state index is 6.47. The molecule has 2 nitrogen and oxygen atoms in total. The molecule has 1 aromatic rings. The Morgan fingerprint density at radius 1 is 1.37 bits per heavy atom. The van der Waals surface area contributed by atoms with Crippen LogP contribution in [-0.4, -0.2) is 18.6 Å². The lowest BCUT2D eigenvalue weighted by molar-refractivity contribution is 0.669. The molecule has 0 radical (unpaired) electrons. The standard InChI is InChI=1S/C16H25ClN2/c1-4-9-19(12(2)3)16-8-5-13(10-15(16)17)11-18-14-6-7-14/h5,8,10,12,14,18H,4,6-7,9,11H2,1-3H3. The number of nitrogens with one attached hydrogen (secondary N) is 1. The zero-order valence-corrected chi connectivity index (χ0v) is 13.0. The summed E-state index contributed by atoms with van der Waals surface area (Å²) in [6, 6.07) is 7.69. The van der Waals surface area contributed by atoms with Crippen molar-refractivity contribution in [3.05, 3.63) is 28.8 Å². The molecule has 3 heteroatoms. The lowest BCUT2D eigenvalue weighted by Gasteiger charge is -2.29. The Hall–Kier alpha value is -0.730. The molecular formula is C16H25ClN2. The van der Waals surface area contributed by atoms with Gasteiger partial charge in [0.05, 0.1) is 10.7 Å². The van der Waals surface area contributed by atoms with E-state index >= 15 is 0 Å². The van der Waals surface area contributed by atoms with E-state index in [1.165, 1.54) is 18.4 Å². The van der Waals surface area contributed by atoms with Gasteiger partial charge in [0.1, 0.15) is 0 Å². The second-order valence-electron chi connectivity index (χ2n) is 5.73. The van der Waals surface area contributed by atoms with Crippen LogP contribution in [0.4, 0.5) is 5.69 Å². The molecule has 0 unspecified atom stereocenters. The first-order valence-corrected chi connectivity index (χ1v) is 7.78. The number of hydrogen-bond acceptors (Lipinski definition) is 2. The van der Waals surface area contributed by atoms with Crippen molar-refractivity contribution < 1.29 is 0 Å². The summed E-state index contributed by atoms with van der Waals surface area (Å²) in [5.41, 5.74) is 2.44. The van der Waals surface area contributed by atoms with E-state index in [2.05, 4.69) is 49.2 Å². The predicted molar refractivity (Wildman–Crippen MR) is 84.1 cm³/mol. The van der Waals surface area contributed by atoms with E-state index in [4.69, 9.17) is 11.6 Å². The van der Waals surface area contributed by atoms with Crippen LogP contribution in [0.5, 0.6) is 0 Å². The monoisotopic (exact) mass is 280 g/mol. The van der Waals surface area contributed by atoms with Gasteiger partial charge in [-0.15, -0.1) is 0 Å². The Labute approximate surface area is 122 Å². The third kappa shape index (κ3) is 4.12. The highest BCUT2D eigenvalue weighted by Gasteiger charge is 2.20. The molecule has 0 aromatic heterocycles. The summed E-state index contributed by atoms with van der Waals surface area (Å²) < 4.78 is 0. The number of hydrogen-bond donors (Lipinski definition) is 1. The zero-order chi connectivity index (χ0) is 13.8. The van der Waals surface area contributed by atoms with Gasteiger partial charge < -0.3 is 10.2 Å². The highest BCUT2D eigenvalue weighted by molar-refractivity contribution is 6.33. The second kappa shape index (κ2) is 6.62. The summed E-state index contributed by atoms with van der Waals surface area (Å²) >= 11 is 6.47. The molecule has 1 aliphatic carbocycles. The average Bonchev–Trinajstić information content (AvgIpc) is 3.18. The van der Waals surface area contributed by atoms with Crippen molar-refractivity contribution in [2.45, 2.75) is 58.7 Å². The first kappa shape index (κ1) is 14.7. The van der Waals surface area contributed by atoms with Gasteiger partial charge in [-0.1, -0.05) is 24.6 Å². The molecule has 1 N–H and O–H groups in total. The Kier molecular flexibility index (Phi) is 5.12. The van der Waals surface area contributed by atoms with Crippen molar-refractivity contribution in [3.8, 4) is 0 Å². The minimum absolute atomic E-state index is 0.480. The van der Waals surface area contributed by atoms with Gasteiger partial charge in [0, 0.05) is 25.2 Å². The largest absolute Gasteiger partial charge is 0.368 e. The van der Waals surface area contributed by atoms with Crippen molar-refractivity contribution >= 4 is 17.3 Å². The molecule has 0 aliphatic heterocycles. The predicted octanol–water partition coefficient (Wildman–Crippen LogP) is 4.22. The van der Waals surface area contributed by atoms with Crippen LogP contribution in [0.15, 0.2) is 18.2 Å². The van der Waals surface area contributed by atoms with E-state index in [9.17, 15) is 0 Å². The second-order valence-corrected chi connectivity index (χ2v) is 6.14.